The van der Waals surface area contributed by atoms with Gasteiger partial charge in [-0.25, -0.2) is 4.98 Å². The van der Waals surface area contributed by atoms with Gasteiger partial charge in [-0.3, -0.25) is 4.79 Å². The average Bonchev–Trinajstić information content (AvgIpc) is 3.25. The Bertz CT molecular complexity index is 828. The molecule has 2 bridgehead atoms. The van der Waals surface area contributed by atoms with E-state index < -0.39 is 0 Å². The fourth-order valence-electron chi connectivity index (χ4n) is 5.01. The van der Waals surface area contributed by atoms with Gasteiger partial charge >= 0.3 is 0 Å². The topological polar surface area (TPSA) is 108 Å². The smallest absolute Gasteiger partial charge is 0.250 e. The van der Waals surface area contributed by atoms with E-state index >= 15 is 0 Å². The summed E-state index contributed by atoms with van der Waals surface area (Å²) in [5.41, 5.74) is 10.2. The van der Waals surface area contributed by atoms with Crippen LogP contribution in [-0.2, 0) is 0 Å². The molecule has 1 aromatic heterocycles. The molecular weight excluding hydrogens is 314 g/mol. The first-order chi connectivity index (χ1) is 12.2. The van der Waals surface area contributed by atoms with E-state index in [-0.39, 0.29) is 5.56 Å². The Morgan fingerprint density at radius 3 is 2.76 bits per heavy atom. The fraction of sp³-hybridized carbons (Fsp3) is 0.421. The van der Waals surface area contributed by atoms with Crippen molar-refractivity contribution < 1.29 is 0 Å². The number of hydrogen-bond acceptors (Lipinski definition) is 5. The standard InChI is InChI=1S/C15H19N3.C4H4N2O/c16-6-10-12(17)3-4-13-15(10)14-9-2-1-8(5-9)11(14)7-18-13;7-4-1-2-5-3-6-4/h3-4,6,8-9,11,14,16,18H,1-2,5,7,17H2;1-3H,(H,5,6,7). The second-order valence-electron chi connectivity index (χ2n) is 7.18. The molecule has 0 spiro atoms. The number of fused-ring (bicyclic) bond motifs is 7. The molecule has 2 aromatic rings. The van der Waals surface area contributed by atoms with Crippen molar-refractivity contribution in [3.63, 3.8) is 0 Å². The lowest BCUT2D eigenvalue weighted by atomic mass is 9.71. The number of aromatic amines is 1. The number of nitrogens with zero attached hydrogens (tertiary/aromatic N) is 1. The predicted molar refractivity (Wildman–Crippen MR) is 99.1 cm³/mol. The third-order valence-electron chi connectivity index (χ3n) is 6.01. The minimum atomic E-state index is -0.116. The molecule has 6 nitrogen and oxygen atoms in total. The maximum absolute atomic E-state index is 10.2. The Kier molecular flexibility index (Phi) is 4.03. The van der Waals surface area contributed by atoms with E-state index in [0.717, 1.165) is 35.5 Å². The van der Waals surface area contributed by atoms with Gasteiger partial charge in [-0.15, -0.1) is 0 Å². The van der Waals surface area contributed by atoms with Gasteiger partial charge in [0.05, 0.1) is 6.33 Å². The van der Waals surface area contributed by atoms with Crippen molar-refractivity contribution in [2.75, 3.05) is 17.6 Å². The lowest BCUT2D eigenvalue weighted by molar-refractivity contribution is 0.294. The van der Waals surface area contributed by atoms with E-state index in [4.69, 9.17) is 11.1 Å². The van der Waals surface area contributed by atoms with Crippen LogP contribution < -0.4 is 16.6 Å². The summed E-state index contributed by atoms with van der Waals surface area (Å²) in [7, 11) is 0. The van der Waals surface area contributed by atoms with E-state index in [2.05, 4.69) is 21.4 Å². The van der Waals surface area contributed by atoms with Crippen LogP contribution >= 0.6 is 0 Å². The third kappa shape index (κ3) is 2.71. The van der Waals surface area contributed by atoms with E-state index in [0.29, 0.717) is 5.92 Å². The Hall–Kier alpha value is -2.63. The van der Waals surface area contributed by atoms with Crippen LogP contribution in [0.5, 0.6) is 0 Å². The molecule has 25 heavy (non-hydrogen) atoms. The fourth-order valence-corrected chi connectivity index (χ4v) is 5.01. The zero-order chi connectivity index (χ0) is 17.4. The number of benzene rings is 1. The molecule has 2 heterocycles. The molecule has 2 aliphatic carbocycles. The summed E-state index contributed by atoms with van der Waals surface area (Å²) >= 11 is 0. The van der Waals surface area contributed by atoms with Gasteiger partial charge in [0.15, 0.2) is 0 Å². The van der Waals surface area contributed by atoms with Crippen LogP contribution in [0.3, 0.4) is 0 Å². The molecule has 6 heteroatoms. The lowest BCUT2D eigenvalue weighted by Crippen LogP contribution is -2.33. The van der Waals surface area contributed by atoms with E-state index in [1.807, 2.05) is 6.07 Å². The Morgan fingerprint density at radius 1 is 1.24 bits per heavy atom. The molecular formula is C19H23N5O. The maximum Gasteiger partial charge on any atom is 0.250 e. The third-order valence-corrected chi connectivity index (χ3v) is 6.01. The number of H-pyrrole nitrogens is 1. The number of nitrogens with two attached hydrogens (primary N) is 1. The van der Waals surface area contributed by atoms with Crippen LogP contribution in [0.25, 0.3) is 0 Å². The number of anilines is 2. The zero-order valence-electron chi connectivity index (χ0n) is 14.0. The van der Waals surface area contributed by atoms with Crippen LogP contribution in [-0.4, -0.2) is 22.7 Å². The summed E-state index contributed by atoms with van der Waals surface area (Å²) in [5.74, 6) is 3.17. The molecule has 0 saturated heterocycles. The highest BCUT2D eigenvalue weighted by atomic mass is 16.1. The lowest BCUT2D eigenvalue weighted by Gasteiger charge is -2.38. The number of aromatic nitrogens is 2. The summed E-state index contributed by atoms with van der Waals surface area (Å²) in [4.78, 5) is 16.1. The molecule has 5 N–H and O–H groups in total. The predicted octanol–water partition coefficient (Wildman–Crippen LogP) is 2.59. The van der Waals surface area contributed by atoms with Gasteiger partial charge in [0, 0.05) is 42.0 Å². The SMILES string of the molecule is N=Cc1c(N)ccc2c1C1C3CCC(C3)C1CN2.O=c1ccnc[nH]1. The quantitative estimate of drug-likeness (QED) is 0.474. The van der Waals surface area contributed by atoms with Gasteiger partial charge in [-0.05, 0) is 60.6 Å². The van der Waals surface area contributed by atoms with Crippen molar-refractivity contribution in [3.8, 4) is 0 Å². The number of nitrogen functional groups attached to an aromatic ring is 1. The van der Waals surface area contributed by atoms with Crippen molar-refractivity contribution in [1.82, 2.24) is 9.97 Å². The second-order valence-corrected chi connectivity index (χ2v) is 7.18. The maximum atomic E-state index is 10.2. The van der Waals surface area contributed by atoms with E-state index in [1.165, 1.54) is 55.3 Å². The Labute approximate surface area is 146 Å². The molecule has 4 unspecified atom stereocenters. The first kappa shape index (κ1) is 15.9. The highest BCUT2D eigenvalue weighted by Gasteiger charge is 2.50. The summed E-state index contributed by atoms with van der Waals surface area (Å²) in [5, 5.41) is 11.2. The van der Waals surface area contributed by atoms with Gasteiger partial charge in [0.1, 0.15) is 0 Å². The van der Waals surface area contributed by atoms with Crippen molar-refractivity contribution in [3.05, 3.63) is 52.2 Å². The number of hydrogen-bond donors (Lipinski definition) is 4. The van der Waals surface area contributed by atoms with Crippen molar-refractivity contribution in [1.29, 1.82) is 5.41 Å². The minimum absolute atomic E-state index is 0.116. The zero-order valence-corrected chi connectivity index (χ0v) is 14.0. The summed E-state index contributed by atoms with van der Waals surface area (Å²) in [6, 6.07) is 5.39. The van der Waals surface area contributed by atoms with Gasteiger partial charge in [-0.1, -0.05) is 0 Å². The first-order valence-electron chi connectivity index (χ1n) is 8.84. The van der Waals surface area contributed by atoms with E-state index in [9.17, 15) is 4.79 Å². The molecule has 3 aliphatic rings. The van der Waals surface area contributed by atoms with Crippen LogP contribution in [0, 0.1) is 23.2 Å². The minimum Gasteiger partial charge on any atom is -0.398 e. The average molecular weight is 337 g/mol. The van der Waals surface area contributed by atoms with Crippen LogP contribution in [0.4, 0.5) is 11.4 Å². The van der Waals surface area contributed by atoms with Gasteiger partial charge < -0.3 is 21.4 Å². The number of rotatable bonds is 1. The monoisotopic (exact) mass is 337 g/mol. The first-order valence-corrected chi connectivity index (χ1v) is 8.84. The highest BCUT2D eigenvalue weighted by molar-refractivity contribution is 5.90. The van der Waals surface area contributed by atoms with Crippen LogP contribution in [0.2, 0.25) is 0 Å². The van der Waals surface area contributed by atoms with E-state index in [1.54, 1.807) is 0 Å². The van der Waals surface area contributed by atoms with Crippen molar-refractivity contribution in [2.45, 2.75) is 25.2 Å². The molecule has 2 saturated carbocycles. The van der Waals surface area contributed by atoms with Crippen LogP contribution in [0.1, 0.15) is 36.3 Å². The molecule has 5 rings (SSSR count). The van der Waals surface area contributed by atoms with Crippen LogP contribution in [0.15, 0.2) is 35.5 Å². The Morgan fingerprint density at radius 2 is 2.08 bits per heavy atom. The molecule has 130 valence electrons. The summed E-state index contributed by atoms with van der Waals surface area (Å²) in [6.45, 7) is 1.11. The van der Waals surface area contributed by atoms with Gasteiger partial charge in [0.2, 0.25) is 0 Å². The molecule has 0 amide bonds. The highest BCUT2D eigenvalue weighted by Crippen LogP contribution is 2.60. The summed E-state index contributed by atoms with van der Waals surface area (Å²) in [6.07, 6.45) is 8.41. The van der Waals surface area contributed by atoms with Crippen molar-refractivity contribution >= 4 is 17.6 Å². The molecule has 1 aliphatic heterocycles. The number of nitrogens with one attached hydrogen (secondary N) is 3. The largest absolute Gasteiger partial charge is 0.398 e. The molecule has 1 aromatic carbocycles. The van der Waals surface area contributed by atoms with Gasteiger partial charge in [-0.2, -0.15) is 0 Å². The second kappa shape index (κ2) is 6.35. The Balaban J connectivity index is 0.000000190. The molecule has 0 radical (unpaired) electrons. The molecule has 4 atom stereocenters. The van der Waals surface area contributed by atoms with Gasteiger partial charge in [0.25, 0.3) is 5.56 Å². The normalized spacial score (nSPS) is 28.2. The molecule has 2 fully saturated rings. The van der Waals surface area contributed by atoms with Crippen molar-refractivity contribution in [2.24, 2.45) is 17.8 Å². The summed E-state index contributed by atoms with van der Waals surface area (Å²) < 4.78 is 0.